The monoisotopic (exact) mass is 334 g/mol. The number of amides is 1. The molecule has 0 spiro atoms. The Balaban J connectivity index is 1.50. The van der Waals surface area contributed by atoms with Crippen LogP contribution in [0.25, 0.3) is 5.65 Å². The van der Waals surface area contributed by atoms with Crippen molar-refractivity contribution in [1.82, 2.24) is 14.3 Å². The fourth-order valence-corrected chi connectivity index (χ4v) is 3.51. The number of fused-ring (bicyclic) bond motifs is 1. The normalized spacial score (nSPS) is 15.4. The molecule has 0 unspecified atom stereocenters. The Morgan fingerprint density at radius 2 is 1.92 bits per heavy atom. The van der Waals surface area contributed by atoms with E-state index in [0.717, 1.165) is 43.8 Å². The van der Waals surface area contributed by atoms with Crippen molar-refractivity contribution in [1.29, 1.82) is 0 Å². The van der Waals surface area contributed by atoms with Gasteiger partial charge in [-0.25, -0.2) is 4.98 Å². The Bertz CT molecular complexity index is 901. The average Bonchev–Trinajstić information content (AvgIpc) is 2.97. The van der Waals surface area contributed by atoms with Crippen LogP contribution in [-0.2, 0) is 0 Å². The van der Waals surface area contributed by atoms with Crippen molar-refractivity contribution in [2.45, 2.75) is 13.3 Å². The fraction of sp³-hybridized carbons (Fsp3) is 0.300. The van der Waals surface area contributed by atoms with Gasteiger partial charge < -0.3 is 14.2 Å². The van der Waals surface area contributed by atoms with E-state index in [0.29, 0.717) is 0 Å². The molecule has 1 amide bonds. The summed E-state index contributed by atoms with van der Waals surface area (Å²) in [6, 6.07) is 12.2. The van der Waals surface area contributed by atoms with Gasteiger partial charge in [0.1, 0.15) is 5.65 Å². The van der Waals surface area contributed by atoms with Crippen LogP contribution in [0, 0.1) is 6.92 Å². The summed E-state index contributed by atoms with van der Waals surface area (Å²) in [6.07, 6.45) is 6.46. The standard InChI is InChI=1S/C20H22N4O/c1-16-5-2-3-6-18(16)22-10-4-11-23(14-13-22)20(25)17-7-8-19-21-9-12-24(19)15-17/h2-3,5-9,12,15H,4,10-11,13-14H2,1H3. The average molecular weight is 334 g/mol. The predicted octanol–water partition coefficient (Wildman–Crippen LogP) is 3.00. The van der Waals surface area contributed by atoms with Crippen molar-refractivity contribution in [3.63, 3.8) is 0 Å². The molecule has 3 aromatic rings. The summed E-state index contributed by atoms with van der Waals surface area (Å²) in [5.74, 6) is 0.0993. The SMILES string of the molecule is Cc1ccccc1N1CCCN(C(=O)c2ccc3nccn3c2)CC1. The topological polar surface area (TPSA) is 40.8 Å². The summed E-state index contributed by atoms with van der Waals surface area (Å²) in [6.45, 7) is 5.53. The second-order valence-corrected chi connectivity index (χ2v) is 6.53. The van der Waals surface area contributed by atoms with E-state index in [1.807, 2.05) is 33.8 Å². The van der Waals surface area contributed by atoms with Crippen LogP contribution in [0.3, 0.4) is 0 Å². The Hall–Kier alpha value is -2.82. The molecule has 0 aliphatic carbocycles. The third-order valence-corrected chi connectivity index (χ3v) is 4.87. The summed E-state index contributed by atoms with van der Waals surface area (Å²) >= 11 is 0. The van der Waals surface area contributed by atoms with Gasteiger partial charge in [-0.1, -0.05) is 18.2 Å². The van der Waals surface area contributed by atoms with E-state index < -0.39 is 0 Å². The summed E-state index contributed by atoms with van der Waals surface area (Å²) in [7, 11) is 0. The summed E-state index contributed by atoms with van der Waals surface area (Å²) < 4.78 is 1.89. The van der Waals surface area contributed by atoms with E-state index in [1.165, 1.54) is 11.3 Å². The zero-order valence-corrected chi connectivity index (χ0v) is 14.4. The third-order valence-electron chi connectivity index (χ3n) is 4.87. The van der Waals surface area contributed by atoms with Crippen LogP contribution < -0.4 is 4.90 Å². The molecular formula is C20H22N4O. The van der Waals surface area contributed by atoms with Crippen molar-refractivity contribution in [2.24, 2.45) is 0 Å². The molecule has 0 radical (unpaired) electrons. The van der Waals surface area contributed by atoms with Crippen LogP contribution in [0.5, 0.6) is 0 Å². The second kappa shape index (κ2) is 6.59. The highest BCUT2D eigenvalue weighted by atomic mass is 16.2. The molecular weight excluding hydrogens is 312 g/mol. The molecule has 5 nitrogen and oxygen atoms in total. The zero-order chi connectivity index (χ0) is 17.2. The molecule has 1 aliphatic heterocycles. The lowest BCUT2D eigenvalue weighted by molar-refractivity contribution is 0.0766. The highest BCUT2D eigenvalue weighted by Crippen LogP contribution is 2.21. The molecule has 1 fully saturated rings. The molecule has 25 heavy (non-hydrogen) atoms. The number of para-hydroxylation sites is 1. The van der Waals surface area contributed by atoms with Gasteiger partial charge in [0, 0.05) is 50.5 Å². The summed E-state index contributed by atoms with van der Waals surface area (Å²) in [5.41, 5.74) is 4.14. The molecule has 3 heterocycles. The Labute approximate surface area is 147 Å². The number of aryl methyl sites for hydroxylation is 1. The molecule has 1 aliphatic rings. The first-order valence-corrected chi connectivity index (χ1v) is 8.75. The van der Waals surface area contributed by atoms with Gasteiger partial charge >= 0.3 is 0 Å². The Kier molecular flexibility index (Phi) is 4.14. The van der Waals surface area contributed by atoms with Gasteiger partial charge in [-0.05, 0) is 37.1 Å². The largest absolute Gasteiger partial charge is 0.369 e. The number of aromatic nitrogens is 2. The first-order chi connectivity index (χ1) is 12.2. The molecule has 0 N–H and O–H groups in total. The van der Waals surface area contributed by atoms with E-state index in [9.17, 15) is 4.79 Å². The minimum absolute atomic E-state index is 0.0993. The molecule has 1 saturated heterocycles. The fourth-order valence-electron chi connectivity index (χ4n) is 3.51. The van der Waals surface area contributed by atoms with Gasteiger partial charge in [0.2, 0.25) is 0 Å². The first kappa shape index (κ1) is 15.7. The molecule has 128 valence electrons. The number of hydrogen-bond donors (Lipinski definition) is 0. The highest BCUT2D eigenvalue weighted by Gasteiger charge is 2.21. The van der Waals surface area contributed by atoms with Crippen molar-refractivity contribution in [3.05, 3.63) is 66.1 Å². The number of carbonyl (C=O) groups excluding carboxylic acids is 1. The number of rotatable bonds is 2. The van der Waals surface area contributed by atoms with Crippen molar-refractivity contribution < 1.29 is 4.79 Å². The number of hydrogen-bond acceptors (Lipinski definition) is 3. The van der Waals surface area contributed by atoms with Gasteiger partial charge in [0.05, 0.1) is 5.56 Å². The molecule has 4 rings (SSSR count). The number of carbonyl (C=O) groups is 1. The van der Waals surface area contributed by atoms with Crippen LogP contribution >= 0.6 is 0 Å². The van der Waals surface area contributed by atoms with Crippen molar-refractivity contribution >= 4 is 17.2 Å². The minimum atomic E-state index is 0.0993. The predicted molar refractivity (Wildman–Crippen MR) is 99.1 cm³/mol. The number of nitrogens with zero attached hydrogens (tertiary/aromatic N) is 4. The number of benzene rings is 1. The molecule has 5 heteroatoms. The number of anilines is 1. The van der Waals surface area contributed by atoms with Gasteiger partial charge in [0.15, 0.2) is 0 Å². The maximum Gasteiger partial charge on any atom is 0.255 e. The van der Waals surface area contributed by atoms with Crippen LogP contribution in [0.2, 0.25) is 0 Å². The maximum atomic E-state index is 12.9. The lowest BCUT2D eigenvalue weighted by Crippen LogP contribution is -2.35. The van der Waals surface area contributed by atoms with E-state index >= 15 is 0 Å². The van der Waals surface area contributed by atoms with Gasteiger partial charge in [-0.2, -0.15) is 0 Å². The minimum Gasteiger partial charge on any atom is -0.369 e. The van der Waals surface area contributed by atoms with Gasteiger partial charge in [0.25, 0.3) is 5.91 Å². The first-order valence-electron chi connectivity index (χ1n) is 8.75. The third kappa shape index (κ3) is 3.09. The van der Waals surface area contributed by atoms with Crippen molar-refractivity contribution in [3.8, 4) is 0 Å². The van der Waals surface area contributed by atoms with Gasteiger partial charge in [-0.3, -0.25) is 4.79 Å². The summed E-state index contributed by atoms with van der Waals surface area (Å²) in [4.78, 5) is 21.5. The lowest BCUT2D eigenvalue weighted by Gasteiger charge is -2.25. The molecule has 0 bridgehead atoms. The second-order valence-electron chi connectivity index (χ2n) is 6.53. The van der Waals surface area contributed by atoms with Crippen LogP contribution in [0.15, 0.2) is 55.0 Å². The highest BCUT2D eigenvalue weighted by molar-refractivity contribution is 5.94. The van der Waals surface area contributed by atoms with Crippen LogP contribution in [0.1, 0.15) is 22.3 Å². The number of imidazole rings is 1. The zero-order valence-electron chi connectivity index (χ0n) is 14.4. The lowest BCUT2D eigenvalue weighted by atomic mass is 10.2. The van der Waals surface area contributed by atoms with Crippen molar-refractivity contribution in [2.75, 3.05) is 31.1 Å². The molecule has 2 aromatic heterocycles. The molecule has 1 aromatic carbocycles. The summed E-state index contributed by atoms with van der Waals surface area (Å²) in [5, 5.41) is 0. The molecule has 0 saturated carbocycles. The molecule has 0 atom stereocenters. The maximum absolute atomic E-state index is 12.9. The van der Waals surface area contributed by atoms with Gasteiger partial charge in [-0.15, -0.1) is 0 Å². The quantitative estimate of drug-likeness (QED) is 0.723. The smallest absolute Gasteiger partial charge is 0.255 e. The Morgan fingerprint density at radius 1 is 1.04 bits per heavy atom. The van der Waals surface area contributed by atoms with E-state index in [1.54, 1.807) is 6.20 Å². The van der Waals surface area contributed by atoms with E-state index in [2.05, 4.69) is 41.1 Å². The number of pyridine rings is 1. The van der Waals surface area contributed by atoms with Crippen LogP contribution in [-0.4, -0.2) is 46.4 Å². The van der Waals surface area contributed by atoms with E-state index in [4.69, 9.17) is 0 Å². The van der Waals surface area contributed by atoms with E-state index in [-0.39, 0.29) is 5.91 Å². The van der Waals surface area contributed by atoms with Crippen LogP contribution in [0.4, 0.5) is 5.69 Å². The Morgan fingerprint density at radius 3 is 2.80 bits per heavy atom.